The van der Waals surface area contributed by atoms with Gasteiger partial charge in [-0.1, -0.05) is 19.1 Å². The third-order valence-corrected chi connectivity index (χ3v) is 8.19. The van der Waals surface area contributed by atoms with Crippen LogP contribution in [0.2, 0.25) is 0 Å². The highest BCUT2D eigenvalue weighted by Crippen LogP contribution is 2.38. The number of morpholine rings is 1. The lowest BCUT2D eigenvalue weighted by Crippen LogP contribution is -2.52. The molecule has 0 atom stereocenters. The normalized spacial score (nSPS) is 16.8. The van der Waals surface area contributed by atoms with Crippen LogP contribution in [0.25, 0.3) is 26.1 Å². The number of anilines is 1. The summed E-state index contributed by atoms with van der Waals surface area (Å²) >= 11 is 1.80. The summed E-state index contributed by atoms with van der Waals surface area (Å²) in [6.07, 6.45) is 1.47. The fourth-order valence-corrected chi connectivity index (χ4v) is 6.47. The summed E-state index contributed by atoms with van der Waals surface area (Å²) in [4.78, 5) is 26.6. The molecule has 1 aromatic carbocycles. The Kier molecular flexibility index (Phi) is 6.52. The van der Waals surface area contributed by atoms with Crippen molar-refractivity contribution in [2.75, 3.05) is 44.3 Å². The maximum absolute atomic E-state index is 12.4. The van der Waals surface area contributed by atoms with Crippen LogP contribution in [0, 0.1) is 5.92 Å². The molecule has 8 nitrogen and oxygen atoms in total. The van der Waals surface area contributed by atoms with Crippen molar-refractivity contribution < 1.29 is 14.3 Å². The minimum Gasteiger partial charge on any atom is -0.444 e. The highest BCUT2D eigenvalue weighted by Gasteiger charge is 2.34. The number of hydrogen-bond donors (Lipinski definition) is 0. The zero-order valence-corrected chi connectivity index (χ0v) is 23.4. The van der Waals surface area contributed by atoms with E-state index in [-0.39, 0.29) is 6.09 Å². The number of fused-ring (bicyclic) bond motifs is 2. The highest BCUT2D eigenvalue weighted by molar-refractivity contribution is 7.21. The summed E-state index contributed by atoms with van der Waals surface area (Å²) in [6.45, 7) is 12.4. The number of likely N-dealkylation sites (tertiary alicyclic amines) is 1. The van der Waals surface area contributed by atoms with Gasteiger partial charge in [0.15, 0.2) is 0 Å². The van der Waals surface area contributed by atoms with E-state index in [1.54, 1.807) is 16.2 Å². The first-order valence-corrected chi connectivity index (χ1v) is 14.3. The molecular weight excluding hydrogens is 498 g/mol. The molecule has 5 heterocycles. The van der Waals surface area contributed by atoms with E-state index in [2.05, 4.69) is 46.7 Å². The number of ether oxygens (including phenoxy) is 2. The summed E-state index contributed by atoms with van der Waals surface area (Å²) in [5.74, 6) is 2.48. The smallest absolute Gasteiger partial charge is 0.410 e. The second-order valence-electron chi connectivity index (χ2n) is 11.2. The average molecular weight is 534 g/mol. The zero-order valence-electron chi connectivity index (χ0n) is 22.6. The second-order valence-corrected chi connectivity index (χ2v) is 12.3. The van der Waals surface area contributed by atoms with Crippen molar-refractivity contribution in [3.63, 3.8) is 0 Å². The van der Waals surface area contributed by atoms with Gasteiger partial charge in [-0.25, -0.2) is 14.8 Å². The van der Waals surface area contributed by atoms with Gasteiger partial charge in [-0.05, 0) is 57.4 Å². The molecule has 0 aliphatic carbocycles. The summed E-state index contributed by atoms with van der Waals surface area (Å²) in [6, 6.07) is 12.9. The number of amides is 1. The summed E-state index contributed by atoms with van der Waals surface area (Å²) in [5, 5.41) is 2.35. The average Bonchev–Trinajstić information content (AvgIpc) is 3.45. The van der Waals surface area contributed by atoms with Crippen LogP contribution >= 0.6 is 11.3 Å². The fourth-order valence-electron chi connectivity index (χ4n) is 5.31. The van der Waals surface area contributed by atoms with E-state index in [4.69, 9.17) is 19.4 Å². The standard InChI is InChI=1S/C29H35N5O3S/c1-5-25-31-22-8-6-7-9-23(22)34(25)26-16-21-24(38-26)15-20(30-27(21)32-10-12-36-13-11-32)14-19-17-33(18-19)28(35)37-29(2,3)4/h6-9,15-16,19H,5,10-14,17-18H2,1-4H3. The molecule has 4 aromatic rings. The van der Waals surface area contributed by atoms with Crippen molar-refractivity contribution >= 4 is 44.4 Å². The SMILES string of the molecule is CCc1nc2ccccc2n1-c1cc2c(N3CCOCC3)nc(CC3CN(C(=O)OC(C)(C)C)C3)cc2s1. The molecule has 2 saturated heterocycles. The van der Waals surface area contributed by atoms with E-state index >= 15 is 0 Å². The van der Waals surface area contributed by atoms with E-state index in [1.165, 1.54) is 15.1 Å². The van der Waals surface area contributed by atoms with Crippen molar-refractivity contribution in [3.8, 4) is 5.00 Å². The van der Waals surface area contributed by atoms with Crippen LogP contribution < -0.4 is 4.90 Å². The minimum atomic E-state index is -0.475. The first-order chi connectivity index (χ1) is 18.3. The maximum atomic E-state index is 12.4. The molecule has 2 aliphatic rings. The van der Waals surface area contributed by atoms with E-state index < -0.39 is 5.60 Å². The first kappa shape index (κ1) is 25.1. The lowest BCUT2D eigenvalue weighted by Gasteiger charge is -2.39. The number of aryl methyl sites for hydroxylation is 1. The van der Waals surface area contributed by atoms with E-state index in [1.807, 2.05) is 26.8 Å². The summed E-state index contributed by atoms with van der Waals surface area (Å²) < 4.78 is 14.7. The molecule has 0 spiro atoms. The number of carbonyl (C=O) groups is 1. The number of thiophene rings is 1. The largest absolute Gasteiger partial charge is 0.444 e. The number of aromatic nitrogens is 3. The van der Waals surface area contributed by atoms with Gasteiger partial charge in [0, 0.05) is 48.4 Å². The molecule has 0 unspecified atom stereocenters. The van der Waals surface area contributed by atoms with E-state index in [0.717, 1.165) is 54.3 Å². The maximum Gasteiger partial charge on any atom is 0.410 e. The lowest BCUT2D eigenvalue weighted by molar-refractivity contribution is -0.001000. The molecular formula is C29H35N5O3S. The van der Waals surface area contributed by atoms with Gasteiger partial charge < -0.3 is 19.3 Å². The number of carbonyl (C=O) groups excluding carboxylic acids is 1. The second kappa shape index (κ2) is 9.85. The minimum absolute atomic E-state index is 0.228. The first-order valence-electron chi connectivity index (χ1n) is 13.5. The third kappa shape index (κ3) is 4.85. The molecule has 0 N–H and O–H groups in total. The molecule has 200 valence electrons. The van der Waals surface area contributed by atoms with Crippen LogP contribution in [0.3, 0.4) is 0 Å². The molecule has 6 rings (SSSR count). The quantitative estimate of drug-likeness (QED) is 0.340. The summed E-state index contributed by atoms with van der Waals surface area (Å²) in [5.41, 5.74) is 2.76. The molecule has 38 heavy (non-hydrogen) atoms. The Labute approximate surface area is 227 Å². The Morgan fingerprint density at radius 3 is 2.63 bits per heavy atom. The van der Waals surface area contributed by atoms with Crippen molar-refractivity contribution in [3.05, 3.63) is 47.9 Å². The van der Waals surface area contributed by atoms with Crippen molar-refractivity contribution in [1.82, 2.24) is 19.4 Å². The predicted octanol–water partition coefficient (Wildman–Crippen LogP) is 5.44. The van der Waals surface area contributed by atoms with Gasteiger partial charge in [0.05, 0.1) is 24.2 Å². The molecule has 2 aliphatic heterocycles. The van der Waals surface area contributed by atoms with Crippen molar-refractivity contribution in [2.45, 2.75) is 46.1 Å². The Bertz CT molecular complexity index is 1470. The monoisotopic (exact) mass is 533 g/mol. The summed E-state index contributed by atoms with van der Waals surface area (Å²) in [7, 11) is 0. The fraction of sp³-hybridized carbons (Fsp3) is 0.483. The van der Waals surface area contributed by atoms with Gasteiger partial charge in [-0.3, -0.25) is 4.57 Å². The van der Waals surface area contributed by atoms with Gasteiger partial charge >= 0.3 is 6.09 Å². The number of rotatable bonds is 5. The van der Waals surface area contributed by atoms with Crippen LogP contribution in [0.4, 0.5) is 10.6 Å². The van der Waals surface area contributed by atoms with Crippen LogP contribution in [0.15, 0.2) is 36.4 Å². The molecule has 1 amide bonds. The van der Waals surface area contributed by atoms with Gasteiger partial charge in [-0.15, -0.1) is 11.3 Å². The van der Waals surface area contributed by atoms with E-state index in [0.29, 0.717) is 32.2 Å². The van der Waals surface area contributed by atoms with Gasteiger partial charge in [0.2, 0.25) is 0 Å². The van der Waals surface area contributed by atoms with Gasteiger partial charge in [-0.2, -0.15) is 0 Å². The third-order valence-electron chi connectivity index (χ3n) is 7.12. The van der Waals surface area contributed by atoms with Gasteiger partial charge in [0.1, 0.15) is 22.2 Å². The predicted molar refractivity (Wildman–Crippen MR) is 152 cm³/mol. The highest BCUT2D eigenvalue weighted by atomic mass is 32.1. The van der Waals surface area contributed by atoms with E-state index in [9.17, 15) is 4.79 Å². The molecule has 0 saturated carbocycles. The Hall–Kier alpha value is -3.17. The molecule has 9 heteroatoms. The molecule has 2 fully saturated rings. The Morgan fingerprint density at radius 1 is 1.13 bits per heavy atom. The van der Waals surface area contributed by atoms with Crippen molar-refractivity contribution in [2.24, 2.45) is 5.92 Å². The van der Waals surface area contributed by atoms with Crippen LogP contribution in [-0.4, -0.2) is 70.5 Å². The number of pyridine rings is 1. The lowest BCUT2D eigenvalue weighted by atomic mass is 9.94. The number of benzene rings is 1. The van der Waals surface area contributed by atoms with Crippen LogP contribution in [0.1, 0.15) is 39.2 Å². The Morgan fingerprint density at radius 2 is 1.89 bits per heavy atom. The Balaban J connectivity index is 1.33. The molecule has 0 radical (unpaired) electrons. The number of imidazole rings is 1. The number of hydrogen-bond acceptors (Lipinski definition) is 7. The topological polar surface area (TPSA) is 72.7 Å². The van der Waals surface area contributed by atoms with Crippen LogP contribution in [-0.2, 0) is 22.3 Å². The molecule has 3 aromatic heterocycles. The van der Waals surface area contributed by atoms with Crippen LogP contribution in [0.5, 0.6) is 0 Å². The molecule has 0 bridgehead atoms. The van der Waals surface area contributed by atoms with Gasteiger partial charge in [0.25, 0.3) is 0 Å². The number of nitrogens with zero attached hydrogens (tertiary/aromatic N) is 5. The van der Waals surface area contributed by atoms with Crippen molar-refractivity contribution in [1.29, 1.82) is 0 Å². The number of para-hydroxylation sites is 2. The zero-order chi connectivity index (χ0) is 26.4.